The first kappa shape index (κ1) is 26.0. The van der Waals surface area contributed by atoms with Crippen molar-refractivity contribution < 1.29 is 13.2 Å². The van der Waals surface area contributed by atoms with Crippen molar-refractivity contribution >= 4 is 40.2 Å². The zero-order chi connectivity index (χ0) is 26.3. The molecule has 3 aromatic rings. The third kappa shape index (κ3) is 5.49. The number of hydrogen-bond acceptors (Lipinski definition) is 6. The third-order valence-electron chi connectivity index (χ3n) is 7.43. The lowest BCUT2D eigenvalue weighted by molar-refractivity contribution is -0.139. The first-order valence-corrected chi connectivity index (χ1v) is 13.0. The van der Waals surface area contributed by atoms with Crippen molar-refractivity contribution in [2.24, 2.45) is 11.8 Å². The molecule has 1 aromatic carbocycles. The van der Waals surface area contributed by atoms with Gasteiger partial charge in [0.05, 0.1) is 18.7 Å². The number of fused-ring (bicyclic) bond motifs is 1. The summed E-state index contributed by atoms with van der Waals surface area (Å²) in [6.45, 7) is 4.97. The number of anilines is 1. The summed E-state index contributed by atoms with van der Waals surface area (Å²) in [5.41, 5.74) is 1.90. The van der Waals surface area contributed by atoms with Gasteiger partial charge in [0.15, 0.2) is 11.3 Å². The Labute approximate surface area is 222 Å². The molecule has 4 heterocycles. The largest absolute Gasteiger partial charge is 0.390 e. The molecule has 37 heavy (non-hydrogen) atoms. The molecule has 2 aliphatic rings. The second-order valence-electron chi connectivity index (χ2n) is 9.88. The molecule has 0 aliphatic carbocycles. The number of halogens is 5. The lowest BCUT2D eigenvalue weighted by Gasteiger charge is -2.47. The highest BCUT2D eigenvalue weighted by Crippen LogP contribution is 2.35. The molecule has 2 aromatic heterocycles. The van der Waals surface area contributed by atoms with Gasteiger partial charge in [0.2, 0.25) is 0 Å². The molecule has 2 saturated heterocycles. The van der Waals surface area contributed by atoms with Crippen LogP contribution >= 0.6 is 23.2 Å². The minimum absolute atomic E-state index is 0.0691. The Bertz CT molecular complexity index is 1330. The van der Waals surface area contributed by atoms with Gasteiger partial charge >= 0.3 is 6.18 Å². The van der Waals surface area contributed by atoms with Crippen LogP contribution in [0.1, 0.15) is 43.5 Å². The van der Waals surface area contributed by atoms with E-state index in [1.54, 1.807) is 23.0 Å². The van der Waals surface area contributed by atoms with Crippen molar-refractivity contribution in [1.29, 1.82) is 5.26 Å². The zero-order valence-corrected chi connectivity index (χ0v) is 21.7. The predicted octanol–water partition coefficient (Wildman–Crippen LogP) is 5.71. The summed E-state index contributed by atoms with van der Waals surface area (Å²) in [6.07, 6.45) is -1.27. The molecule has 0 radical (unpaired) electrons. The molecule has 0 N–H and O–H groups in total. The van der Waals surface area contributed by atoms with E-state index in [1.165, 1.54) is 0 Å². The van der Waals surface area contributed by atoms with E-state index in [0.717, 1.165) is 38.0 Å². The molecule has 12 heteroatoms. The first-order chi connectivity index (χ1) is 17.6. The molecule has 0 saturated carbocycles. The zero-order valence-electron chi connectivity index (χ0n) is 20.2. The van der Waals surface area contributed by atoms with E-state index in [0.29, 0.717) is 45.4 Å². The van der Waals surface area contributed by atoms with E-state index >= 15 is 0 Å². The van der Waals surface area contributed by atoms with Gasteiger partial charge in [-0.2, -0.15) is 23.5 Å². The van der Waals surface area contributed by atoms with Crippen LogP contribution in [0.15, 0.2) is 24.4 Å². The number of hydrogen-bond donors (Lipinski definition) is 0. The summed E-state index contributed by atoms with van der Waals surface area (Å²) in [6, 6.07) is 7.03. The molecule has 2 fully saturated rings. The normalized spacial score (nSPS) is 20.1. The number of rotatable bonds is 6. The second kappa shape index (κ2) is 10.3. The van der Waals surface area contributed by atoms with Crippen molar-refractivity contribution in [1.82, 2.24) is 24.6 Å². The molecule has 2 atom stereocenters. The van der Waals surface area contributed by atoms with Gasteiger partial charge in [-0.25, -0.2) is 14.6 Å². The summed E-state index contributed by atoms with van der Waals surface area (Å²) in [5, 5.41) is 15.1. The number of alkyl halides is 3. The third-order valence-corrected chi connectivity index (χ3v) is 7.99. The van der Waals surface area contributed by atoms with Gasteiger partial charge in [0.25, 0.3) is 0 Å². The van der Waals surface area contributed by atoms with Gasteiger partial charge < -0.3 is 9.80 Å². The number of likely N-dealkylation sites (tertiary alicyclic amines) is 1. The number of aromatic nitrogens is 4. The van der Waals surface area contributed by atoms with Crippen LogP contribution in [0.2, 0.25) is 10.0 Å². The summed E-state index contributed by atoms with van der Waals surface area (Å²) in [7, 11) is 0. The lowest BCUT2D eigenvalue weighted by atomic mass is 9.80. The van der Waals surface area contributed by atoms with Crippen LogP contribution in [-0.4, -0.2) is 63.5 Å². The number of nitriles is 1. The average Bonchev–Trinajstić information content (AvgIpc) is 3.19. The van der Waals surface area contributed by atoms with E-state index in [9.17, 15) is 18.4 Å². The van der Waals surface area contributed by atoms with E-state index in [-0.39, 0.29) is 18.3 Å². The predicted molar refractivity (Wildman–Crippen MR) is 136 cm³/mol. The Balaban J connectivity index is 1.31. The van der Waals surface area contributed by atoms with Gasteiger partial charge in [-0.15, -0.1) is 0 Å². The van der Waals surface area contributed by atoms with Crippen molar-refractivity contribution in [3.05, 3.63) is 45.7 Å². The van der Waals surface area contributed by atoms with Crippen LogP contribution < -0.4 is 4.90 Å². The van der Waals surface area contributed by atoms with Crippen LogP contribution in [0.3, 0.4) is 0 Å². The topological polar surface area (TPSA) is 73.9 Å². The van der Waals surface area contributed by atoms with Crippen LogP contribution in [-0.2, 0) is 0 Å². The standard InChI is InChI=1S/C25H26Cl2F3N7/c1-15(19-5-4-18(26)9-20(19)27)37-24-23(21(10-31)34-37)32-11-22(33-24)36-13-17(14-36)16-3-2-7-35(12-16)8-6-25(28,29)30/h4-5,9,11,15-17H,2-3,6-8,12-14H2,1H3/t15-,16+/m1/s1. The summed E-state index contributed by atoms with van der Waals surface area (Å²) >= 11 is 12.5. The highest BCUT2D eigenvalue weighted by atomic mass is 35.5. The highest BCUT2D eigenvalue weighted by molar-refractivity contribution is 6.35. The molecule has 2 aliphatic heterocycles. The van der Waals surface area contributed by atoms with E-state index < -0.39 is 12.6 Å². The monoisotopic (exact) mass is 551 g/mol. The Hall–Kier alpha value is -2.61. The van der Waals surface area contributed by atoms with Crippen LogP contribution in [0.5, 0.6) is 0 Å². The van der Waals surface area contributed by atoms with Gasteiger partial charge in [-0.05, 0) is 55.8 Å². The maximum atomic E-state index is 12.6. The summed E-state index contributed by atoms with van der Waals surface area (Å²) in [5.74, 6) is 1.46. The Kier molecular flexibility index (Phi) is 7.22. The fraction of sp³-hybridized carbons (Fsp3) is 0.520. The minimum atomic E-state index is -4.12. The molecular weight excluding hydrogens is 526 g/mol. The molecule has 7 nitrogen and oxygen atoms in total. The quantitative estimate of drug-likeness (QED) is 0.390. The second-order valence-corrected chi connectivity index (χ2v) is 10.7. The van der Waals surface area contributed by atoms with E-state index in [4.69, 9.17) is 28.2 Å². The van der Waals surface area contributed by atoms with Crippen molar-refractivity contribution in [2.45, 2.75) is 38.4 Å². The van der Waals surface area contributed by atoms with Crippen LogP contribution in [0.4, 0.5) is 19.0 Å². The fourth-order valence-corrected chi connectivity index (χ4v) is 5.90. The number of piperidine rings is 1. The molecule has 5 rings (SSSR count). The summed E-state index contributed by atoms with van der Waals surface area (Å²) in [4.78, 5) is 13.4. The maximum absolute atomic E-state index is 12.6. The van der Waals surface area contributed by atoms with E-state index in [2.05, 4.69) is 21.1 Å². The first-order valence-electron chi connectivity index (χ1n) is 12.3. The average molecular weight is 552 g/mol. The van der Waals surface area contributed by atoms with Gasteiger partial charge in [0, 0.05) is 36.2 Å². The molecule has 0 spiro atoms. The number of nitrogens with zero attached hydrogens (tertiary/aromatic N) is 7. The Morgan fingerprint density at radius 2 is 1.97 bits per heavy atom. The lowest BCUT2D eigenvalue weighted by Crippen LogP contribution is -2.54. The highest BCUT2D eigenvalue weighted by Gasteiger charge is 2.37. The van der Waals surface area contributed by atoms with Gasteiger partial charge in [-0.1, -0.05) is 29.3 Å². The van der Waals surface area contributed by atoms with Crippen LogP contribution in [0.25, 0.3) is 11.2 Å². The SMILES string of the molecule is C[C@H](c1ccc(Cl)cc1Cl)n1nc(C#N)c2ncc(N3CC([C@H]4CCCN(CCC(F)(F)F)C4)C3)nc21. The smallest absolute Gasteiger partial charge is 0.355 e. The summed E-state index contributed by atoms with van der Waals surface area (Å²) < 4.78 is 39.6. The molecule has 0 amide bonds. The molecule has 196 valence electrons. The molecular formula is C25H26Cl2F3N7. The number of benzene rings is 1. The Morgan fingerprint density at radius 1 is 1.19 bits per heavy atom. The fourth-order valence-electron chi connectivity index (χ4n) is 5.33. The van der Waals surface area contributed by atoms with Gasteiger partial charge in [0.1, 0.15) is 17.4 Å². The maximum Gasteiger partial charge on any atom is 0.390 e. The van der Waals surface area contributed by atoms with Gasteiger partial charge in [-0.3, -0.25) is 0 Å². The van der Waals surface area contributed by atoms with Crippen molar-refractivity contribution in [3.8, 4) is 6.07 Å². The molecule has 0 unspecified atom stereocenters. The minimum Gasteiger partial charge on any atom is -0.355 e. The van der Waals surface area contributed by atoms with Crippen molar-refractivity contribution in [3.63, 3.8) is 0 Å². The van der Waals surface area contributed by atoms with Crippen molar-refractivity contribution in [2.75, 3.05) is 37.6 Å². The van der Waals surface area contributed by atoms with E-state index in [1.807, 2.05) is 17.9 Å². The molecule has 0 bridgehead atoms. The Morgan fingerprint density at radius 3 is 2.68 bits per heavy atom. The van der Waals surface area contributed by atoms with Crippen LogP contribution in [0, 0.1) is 23.2 Å².